The number of anilines is 1. The molecule has 0 radical (unpaired) electrons. The van der Waals surface area contributed by atoms with E-state index < -0.39 is 10.0 Å². The van der Waals surface area contributed by atoms with Crippen molar-refractivity contribution in [1.82, 2.24) is 4.31 Å². The number of methoxy groups -OCH3 is 1. The monoisotopic (exact) mass is 336 g/mol. The van der Waals surface area contributed by atoms with E-state index in [0.717, 1.165) is 0 Å². The lowest BCUT2D eigenvalue weighted by atomic mass is 10.3. The van der Waals surface area contributed by atoms with Gasteiger partial charge in [0.1, 0.15) is 10.6 Å². The molecule has 102 valence electrons. The van der Waals surface area contributed by atoms with Crippen LogP contribution in [0.2, 0.25) is 0 Å². The summed E-state index contributed by atoms with van der Waals surface area (Å²) in [5, 5.41) is 0. The van der Waals surface area contributed by atoms with E-state index in [4.69, 9.17) is 10.5 Å². The van der Waals surface area contributed by atoms with E-state index in [0.29, 0.717) is 10.2 Å². The molecule has 0 saturated heterocycles. The summed E-state index contributed by atoms with van der Waals surface area (Å²) >= 11 is 3.24. The summed E-state index contributed by atoms with van der Waals surface area (Å²) in [6, 6.07) is 2.80. The van der Waals surface area contributed by atoms with Crippen LogP contribution in [0.5, 0.6) is 5.75 Å². The van der Waals surface area contributed by atoms with Gasteiger partial charge in [0.2, 0.25) is 10.0 Å². The molecule has 0 spiro atoms. The van der Waals surface area contributed by atoms with E-state index in [-0.39, 0.29) is 16.7 Å². The first-order valence-electron chi connectivity index (χ1n) is 5.32. The van der Waals surface area contributed by atoms with Crippen molar-refractivity contribution in [3.8, 4) is 5.75 Å². The highest BCUT2D eigenvalue weighted by Gasteiger charge is 2.27. The maximum atomic E-state index is 12.4. The van der Waals surface area contributed by atoms with Crippen LogP contribution in [0, 0.1) is 0 Å². The molecule has 0 amide bonds. The van der Waals surface area contributed by atoms with Crippen LogP contribution in [0.4, 0.5) is 5.69 Å². The van der Waals surface area contributed by atoms with Crippen LogP contribution < -0.4 is 10.5 Å². The zero-order valence-electron chi connectivity index (χ0n) is 10.8. The highest BCUT2D eigenvalue weighted by atomic mass is 79.9. The molecular weight excluding hydrogens is 320 g/mol. The van der Waals surface area contributed by atoms with E-state index in [1.165, 1.54) is 24.5 Å². The number of rotatable bonds is 4. The molecule has 1 aromatic carbocycles. The molecule has 0 aliphatic heterocycles. The second-order valence-electron chi connectivity index (χ2n) is 4.14. The first-order valence-corrected chi connectivity index (χ1v) is 7.56. The molecule has 0 saturated carbocycles. The van der Waals surface area contributed by atoms with Gasteiger partial charge in [-0.25, -0.2) is 8.42 Å². The minimum absolute atomic E-state index is 0.0712. The molecule has 0 aliphatic carbocycles. The van der Waals surface area contributed by atoms with E-state index in [1.54, 1.807) is 19.9 Å². The highest BCUT2D eigenvalue weighted by molar-refractivity contribution is 9.10. The number of benzene rings is 1. The first-order chi connectivity index (χ1) is 8.21. The maximum Gasteiger partial charge on any atom is 0.246 e. The van der Waals surface area contributed by atoms with Crippen LogP contribution in [-0.2, 0) is 10.0 Å². The van der Waals surface area contributed by atoms with Crippen LogP contribution in [0.25, 0.3) is 0 Å². The lowest BCUT2D eigenvalue weighted by molar-refractivity contribution is 0.387. The lowest BCUT2D eigenvalue weighted by Gasteiger charge is -2.22. The molecule has 1 aromatic rings. The molecule has 0 atom stereocenters. The Labute approximate surface area is 116 Å². The second kappa shape index (κ2) is 5.46. The van der Waals surface area contributed by atoms with Gasteiger partial charge in [0.15, 0.2) is 0 Å². The van der Waals surface area contributed by atoms with Crippen LogP contribution in [0.15, 0.2) is 21.5 Å². The van der Waals surface area contributed by atoms with Crippen molar-refractivity contribution in [3.63, 3.8) is 0 Å². The van der Waals surface area contributed by atoms with Crippen molar-refractivity contribution < 1.29 is 13.2 Å². The number of sulfonamides is 1. The fourth-order valence-corrected chi connectivity index (χ4v) is 3.20. The Morgan fingerprint density at radius 1 is 1.39 bits per heavy atom. The zero-order chi connectivity index (χ0) is 14.1. The predicted molar refractivity (Wildman–Crippen MR) is 75.2 cm³/mol. The number of ether oxygens (including phenoxy) is 1. The Morgan fingerprint density at radius 3 is 2.39 bits per heavy atom. The summed E-state index contributed by atoms with van der Waals surface area (Å²) in [7, 11) is -0.664. The third-order valence-corrected chi connectivity index (χ3v) is 5.41. The Hall–Kier alpha value is -0.790. The molecule has 2 N–H and O–H groups in total. The molecule has 0 heterocycles. The molecule has 7 heteroatoms. The quantitative estimate of drug-likeness (QED) is 0.854. The van der Waals surface area contributed by atoms with Crippen molar-refractivity contribution in [2.45, 2.75) is 24.8 Å². The summed E-state index contributed by atoms with van der Waals surface area (Å²) in [5.41, 5.74) is 6.09. The van der Waals surface area contributed by atoms with Crippen LogP contribution in [-0.4, -0.2) is 32.9 Å². The topological polar surface area (TPSA) is 72.6 Å². The fourth-order valence-electron chi connectivity index (χ4n) is 1.34. The number of halogens is 1. The number of nitrogens with two attached hydrogens (primary N) is 1. The SMILES string of the molecule is COc1cc(Br)c(N)cc1S(=O)(=O)N(C)C(C)C. The summed E-state index contributed by atoms with van der Waals surface area (Å²) in [5.74, 6) is 0.267. The van der Waals surface area contributed by atoms with Crippen molar-refractivity contribution >= 4 is 31.6 Å². The van der Waals surface area contributed by atoms with Crippen molar-refractivity contribution in [2.75, 3.05) is 19.9 Å². The second-order valence-corrected chi connectivity index (χ2v) is 6.96. The predicted octanol–water partition coefficient (Wildman–Crippen LogP) is 2.07. The number of nitrogen functional groups attached to an aromatic ring is 1. The van der Waals surface area contributed by atoms with Gasteiger partial charge in [-0.1, -0.05) is 0 Å². The molecule has 5 nitrogen and oxygen atoms in total. The Kier molecular flexibility index (Phi) is 4.63. The summed E-state index contributed by atoms with van der Waals surface area (Å²) < 4.78 is 31.8. The smallest absolute Gasteiger partial charge is 0.246 e. The van der Waals surface area contributed by atoms with E-state index in [1.807, 2.05) is 0 Å². The van der Waals surface area contributed by atoms with Gasteiger partial charge in [-0.05, 0) is 41.9 Å². The fraction of sp³-hybridized carbons (Fsp3) is 0.455. The van der Waals surface area contributed by atoms with Gasteiger partial charge in [-0.15, -0.1) is 0 Å². The molecular formula is C11H17BrN2O3S. The molecule has 0 bridgehead atoms. The summed E-state index contributed by atoms with van der Waals surface area (Å²) in [6.45, 7) is 3.60. The highest BCUT2D eigenvalue weighted by Crippen LogP contribution is 2.33. The molecule has 0 aromatic heterocycles. The van der Waals surface area contributed by atoms with Gasteiger partial charge in [0.05, 0.1) is 7.11 Å². The largest absolute Gasteiger partial charge is 0.495 e. The summed E-state index contributed by atoms with van der Waals surface area (Å²) in [6.07, 6.45) is 0. The summed E-state index contributed by atoms with van der Waals surface area (Å²) in [4.78, 5) is 0.0712. The minimum atomic E-state index is -3.61. The normalized spacial score (nSPS) is 12.2. The number of hydrogen-bond acceptors (Lipinski definition) is 4. The number of hydrogen-bond donors (Lipinski definition) is 1. The molecule has 0 fully saturated rings. The zero-order valence-corrected chi connectivity index (χ0v) is 13.2. The third kappa shape index (κ3) is 2.78. The van der Waals surface area contributed by atoms with E-state index in [2.05, 4.69) is 15.9 Å². The van der Waals surface area contributed by atoms with Gasteiger partial charge in [-0.2, -0.15) is 4.31 Å². The average Bonchev–Trinajstić information content (AvgIpc) is 2.30. The van der Waals surface area contributed by atoms with Crippen molar-refractivity contribution in [3.05, 3.63) is 16.6 Å². The first kappa shape index (κ1) is 15.3. The van der Waals surface area contributed by atoms with Gasteiger partial charge >= 0.3 is 0 Å². The van der Waals surface area contributed by atoms with E-state index >= 15 is 0 Å². The van der Waals surface area contributed by atoms with Gasteiger partial charge in [-0.3, -0.25) is 0 Å². The van der Waals surface area contributed by atoms with Gasteiger partial charge in [0.25, 0.3) is 0 Å². The molecule has 18 heavy (non-hydrogen) atoms. The molecule has 0 unspecified atom stereocenters. The average molecular weight is 337 g/mol. The van der Waals surface area contributed by atoms with Crippen molar-refractivity contribution in [1.29, 1.82) is 0 Å². The van der Waals surface area contributed by atoms with Crippen molar-refractivity contribution in [2.24, 2.45) is 0 Å². The molecule has 1 rings (SSSR count). The minimum Gasteiger partial charge on any atom is -0.495 e. The third-order valence-electron chi connectivity index (χ3n) is 2.67. The Morgan fingerprint density at radius 2 is 1.94 bits per heavy atom. The number of nitrogens with zero attached hydrogens (tertiary/aromatic N) is 1. The van der Waals surface area contributed by atoms with Crippen LogP contribution in [0.3, 0.4) is 0 Å². The standard InChI is InChI=1S/C11H17BrN2O3S/c1-7(2)14(3)18(15,16)11-6-9(13)8(12)5-10(11)17-4/h5-7H,13H2,1-4H3. The Bertz CT molecular complexity index is 543. The Balaban J connectivity index is 3.45. The van der Waals surface area contributed by atoms with Gasteiger partial charge < -0.3 is 10.5 Å². The molecule has 0 aliphatic rings. The van der Waals surface area contributed by atoms with Crippen LogP contribution in [0.1, 0.15) is 13.8 Å². The van der Waals surface area contributed by atoms with E-state index in [9.17, 15) is 8.42 Å². The maximum absolute atomic E-state index is 12.4. The van der Waals surface area contributed by atoms with Crippen LogP contribution >= 0.6 is 15.9 Å². The van der Waals surface area contributed by atoms with Gasteiger partial charge in [0, 0.05) is 23.2 Å². The lowest BCUT2D eigenvalue weighted by Crippen LogP contribution is -2.33.